The zero-order valence-corrected chi connectivity index (χ0v) is 17.4. The Balaban J connectivity index is 1.34. The van der Waals surface area contributed by atoms with Gasteiger partial charge in [-0.1, -0.05) is 18.6 Å². The fraction of sp³-hybridized carbons (Fsp3) is 0.240. The molecule has 0 unspecified atom stereocenters. The van der Waals surface area contributed by atoms with Gasteiger partial charge in [0, 0.05) is 29.3 Å². The molecule has 2 aromatic heterocycles. The van der Waals surface area contributed by atoms with Crippen molar-refractivity contribution in [3.05, 3.63) is 73.3 Å². The van der Waals surface area contributed by atoms with Crippen molar-refractivity contribution in [3.63, 3.8) is 0 Å². The van der Waals surface area contributed by atoms with Gasteiger partial charge >= 0.3 is 0 Å². The summed E-state index contributed by atoms with van der Waals surface area (Å²) in [6.45, 7) is 2.49. The molecule has 0 radical (unpaired) electrons. The predicted molar refractivity (Wildman–Crippen MR) is 123 cm³/mol. The van der Waals surface area contributed by atoms with Gasteiger partial charge in [-0.3, -0.25) is 19.2 Å². The number of aromatic nitrogens is 3. The highest BCUT2D eigenvalue weighted by atomic mass is 16.2. The van der Waals surface area contributed by atoms with E-state index in [1.807, 2.05) is 48.9 Å². The van der Waals surface area contributed by atoms with Crippen LogP contribution in [-0.2, 0) is 4.79 Å². The largest absolute Gasteiger partial charge is 0.325 e. The monoisotopic (exact) mass is 411 g/mol. The van der Waals surface area contributed by atoms with E-state index in [4.69, 9.17) is 0 Å². The van der Waals surface area contributed by atoms with Gasteiger partial charge in [0.1, 0.15) is 6.33 Å². The molecule has 1 amide bonds. The van der Waals surface area contributed by atoms with Crippen LogP contribution in [0.5, 0.6) is 0 Å². The van der Waals surface area contributed by atoms with Gasteiger partial charge in [-0.2, -0.15) is 0 Å². The fourth-order valence-corrected chi connectivity index (χ4v) is 4.15. The summed E-state index contributed by atoms with van der Waals surface area (Å²) in [5.41, 5.74) is 5.95. The zero-order valence-electron chi connectivity index (χ0n) is 17.4. The first-order valence-corrected chi connectivity index (χ1v) is 10.8. The molecule has 3 heterocycles. The van der Waals surface area contributed by atoms with Gasteiger partial charge in [-0.05, 0) is 74.0 Å². The molecule has 6 nitrogen and oxygen atoms in total. The van der Waals surface area contributed by atoms with E-state index in [2.05, 4.69) is 43.0 Å². The number of amides is 1. The van der Waals surface area contributed by atoms with Crippen molar-refractivity contribution in [1.29, 1.82) is 0 Å². The Kier molecular flexibility index (Phi) is 5.46. The third kappa shape index (κ3) is 4.34. The molecular formula is C25H25N5O. The van der Waals surface area contributed by atoms with E-state index in [9.17, 15) is 4.79 Å². The quantitative estimate of drug-likeness (QED) is 0.525. The number of hydrogen-bond donors (Lipinski definition) is 1. The average molecular weight is 412 g/mol. The first kappa shape index (κ1) is 19.5. The number of nitrogens with zero attached hydrogens (tertiary/aromatic N) is 4. The highest BCUT2D eigenvalue weighted by molar-refractivity contribution is 5.92. The smallest absolute Gasteiger partial charge is 0.238 e. The molecule has 31 heavy (non-hydrogen) atoms. The first-order valence-electron chi connectivity index (χ1n) is 10.8. The molecule has 1 saturated heterocycles. The lowest BCUT2D eigenvalue weighted by Gasteiger charge is -2.25. The van der Waals surface area contributed by atoms with Crippen LogP contribution in [0.25, 0.3) is 27.8 Å². The number of carbonyl (C=O) groups excluding carboxylic acids is 1. The number of nitrogens with one attached hydrogen (secondary N) is 1. The molecule has 0 spiro atoms. The van der Waals surface area contributed by atoms with Gasteiger partial charge in [-0.25, -0.2) is 4.98 Å². The van der Waals surface area contributed by atoms with Crippen molar-refractivity contribution >= 4 is 22.6 Å². The van der Waals surface area contributed by atoms with Crippen molar-refractivity contribution in [1.82, 2.24) is 19.4 Å². The maximum atomic E-state index is 12.4. The second kappa shape index (κ2) is 8.70. The molecule has 1 aliphatic heterocycles. The van der Waals surface area contributed by atoms with Crippen LogP contribution in [0.3, 0.4) is 0 Å². The zero-order chi connectivity index (χ0) is 21.0. The standard InChI is InChI=1S/C25H25N5O/c31-25(17-29-13-2-1-3-14-29)28-21-7-9-22(10-8-21)30-18-27-23-11-6-19(15-24(23)30)20-5-4-12-26-16-20/h4-12,15-16,18H,1-3,13-14,17H2,(H,28,31). The van der Waals surface area contributed by atoms with Crippen LogP contribution >= 0.6 is 0 Å². The highest BCUT2D eigenvalue weighted by Crippen LogP contribution is 2.26. The van der Waals surface area contributed by atoms with Crippen LogP contribution in [0.4, 0.5) is 5.69 Å². The molecule has 156 valence electrons. The summed E-state index contributed by atoms with van der Waals surface area (Å²) < 4.78 is 2.06. The van der Waals surface area contributed by atoms with Gasteiger partial charge in [-0.15, -0.1) is 0 Å². The Morgan fingerprint density at radius 1 is 0.968 bits per heavy atom. The number of hydrogen-bond acceptors (Lipinski definition) is 4. The molecule has 0 bridgehead atoms. The second-order valence-corrected chi connectivity index (χ2v) is 7.99. The Morgan fingerprint density at radius 3 is 2.58 bits per heavy atom. The minimum atomic E-state index is 0.0452. The molecule has 5 rings (SSSR count). The van der Waals surface area contributed by atoms with Crippen LogP contribution < -0.4 is 5.32 Å². The maximum Gasteiger partial charge on any atom is 0.238 e. The van der Waals surface area contributed by atoms with Crippen molar-refractivity contribution in [2.24, 2.45) is 0 Å². The van der Waals surface area contributed by atoms with Gasteiger partial charge in [0.2, 0.25) is 5.91 Å². The van der Waals surface area contributed by atoms with E-state index in [0.29, 0.717) is 6.54 Å². The SMILES string of the molecule is O=C(CN1CCCCC1)Nc1ccc(-n2cnc3ccc(-c4cccnc4)cc32)cc1. The first-order chi connectivity index (χ1) is 15.3. The minimum absolute atomic E-state index is 0.0452. The van der Waals surface area contributed by atoms with E-state index in [1.165, 1.54) is 19.3 Å². The average Bonchev–Trinajstić information content (AvgIpc) is 3.24. The predicted octanol–water partition coefficient (Wildman–Crippen LogP) is 4.51. The molecule has 1 fully saturated rings. The topological polar surface area (TPSA) is 63.1 Å². The number of benzene rings is 2. The Bertz CT molecular complexity index is 1180. The van der Waals surface area contributed by atoms with Crippen molar-refractivity contribution in [3.8, 4) is 16.8 Å². The normalized spacial score (nSPS) is 14.6. The summed E-state index contributed by atoms with van der Waals surface area (Å²) >= 11 is 0. The third-order valence-corrected chi connectivity index (χ3v) is 5.79. The lowest BCUT2D eigenvalue weighted by Crippen LogP contribution is -2.36. The molecular weight excluding hydrogens is 386 g/mol. The van der Waals surface area contributed by atoms with Crippen LogP contribution in [0.15, 0.2) is 73.3 Å². The number of anilines is 1. The van der Waals surface area contributed by atoms with Crippen LogP contribution in [0, 0.1) is 0 Å². The van der Waals surface area contributed by atoms with E-state index in [-0.39, 0.29) is 5.91 Å². The maximum absolute atomic E-state index is 12.4. The minimum Gasteiger partial charge on any atom is -0.325 e. The van der Waals surface area contributed by atoms with Gasteiger partial charge in [0.15, 0.2) is 0 Å². The molecule has 0 aliphatic carbocycles. The van der Waals surface area contributed by atoms with Gasteiger partial charge in [0.05, 0.1) is 17.6 Å². The molecule has 0 atom stereocenters. The lowest BCUT2D eigenvalue weighted by atomic mass is 10.1. The number of piperidine rings is 1. The third-order valence-electron chi connectivity index (χ3n) is 5.79. The van der Waals surface area contributed by atoms with E-state index in [0.717, 1.165) is 46.6 Å². The van der Waals surface area contributed by atoms with Crippen LogP contribution in [-0.4, -0.2) is 45.0 Å². The van der Waals surface area contributed by atoms with Gasteiger partial charge in [0.25, 0.3) is 0 Å². The van der Waals surface area contributed by atoms with Crippen LogP contribution in [0.2, 0.25) is 0 Å². The number of rotatable bonds is 5. The Hall–Kier alpha value is -3.51. The summed E-state index contributed by atoms with van der Waals surface area (Å²) in [7, 11) is 0. The summed E-state index contributed by atoms with van der Waals surface area (Å²) in [6, 6.07) is 18.1. The molecule has 6 heteroatoms. The van der Waals surface area contributed by atoms with Crippen molar-refractivity contribution < 1.29 is 4.79 Å². The Labute approximate surface area is 181 Å². The number of imidazole rings is 1. The second-order valence-electron chi connectivity index (χ2n) is 7.99. The van der Waals surface area contributed by atoms with Crippen LogP contribution in [0.1, 0.15) is 19.3 Å². The fourth-order valence-electron chi connectivity index (χ4n) is 4.15. The number of fused-ring (bicyclic) bond motifs is 1. The summed E-state index contributed by atoms with van der Waals surface area (Å²) in [5.74, 6) is 0.0452. The molecule has 2 aromatic carbocycles. The molecule has 4 aromatic rings. The number of carbonyl (C=O) groups is 1. The van der Waals surface area contributed by atoms with E-state index < -0.39 is 0 Å². The highest BCUT2D eigenvalue weighted by Gasteiger charge is 2.14. The molecule has 0 saturated carbocycles. The van der Waals surface area contributed by atoms with E-state index >= 15 is 0 Å². The summed E-state index contributed by atoms with van der Waals surface area (Å²) in [5, 5.41) is 3.02. The van der Waals surface area contributed by atoms with Crippen molar-refractivity contribution in [2.45, 2.75) is 19.3 Å². The van der Waals surface area contributed by atoms with Crippen molar-refractivity contribution in [2.75, 3.05) is 25.0 Å². The summed E-state index contributed by atoms with van der Waals surface area (Å²) in [4.78, 5) is 23.4. The molecule has 1 N–H and O–H groups in total. The molecule has 1 aliphatic rings. The number of likely N-dealkylation sites (tertiary alicyclic amines) is 1. The lowest BCUT2D eigenvalue weighted by molar-refractivity contribution is -0.117. The number of pyridine rings is 1. The summed E-state index contributed by atoms with van der Waals surface area (Å²) in [6.07, 6.45) is 9.11. The van der Waals surface area contributed by atoms with E-state index in [1.54, 1.807) is 6.20 Å². The Morgan fingerprint density at radius 2 is 1.81 bits per heavy atom. The van der Waals surface area contributed by atoms with Gasteiger partial charge < -0.3 is 5.32 Å².